The van der Waals surface area contributed by atoms with Gasteiger partial charge >= 0.3 is 0 Å². The highest BCUT2D eigenvalue weighted by atomic mass is 16.2. The van der Waals surface area contributed by atoms with Crippen LogP contribution in [-0.4, -0.2) is 24.9 Å². The van der Waals surface area contributed by atoms with Crippen LogP contribution in [0.15, 0.2) is 60.7 Å². The van der Waals surface area contributed by atoms with E-state index in [0.717, 1.165) is 34.9 Å². The number of nitrogens with one attached hydrogen (secondary N) is 1. The highest BCUT2D eigenvalue weighted by Gasteiger charge is 2.28. The van der Waals surface area contributed by atoms with E-state index in [1.807, 2.05) is 41.3 Å². The molecule has 3 aromatic carbocycles. The maximum atomic E-state index is 12.7. The van der Waals surface area contributed by atoms with Crippen molar-refractivity contribution in [3.8, 4) is 0 Å². The van der Waals surface area contributed by atoms with Gasteiger partial charge in [0.2, 0.25) is 5.91 Å². The van der Waals surface area contributed by atoms with E-state index in [9.17, 15) is 9.59 Å². The lowest BCUT2D eigenvalue weighted by molar-refractivity contribution is -0.121. The number of nitrogens with zero attached hydrogens (tertiary/aromatic N) is 1. The molecule has 4 heteroatoms. The van der Waals surface area contributed by atoms with Crippen LogP contribution >= 0.6 is 0 Å². The van der Waals surface area contributed by atoms with E-state index in [0.29, 0.717) is 25.9 Å². The van der Waals surface area contributed by atoms with E-state index in [1.165, 1.54) is 11.1 Å². The molecule has 0 saturated heterocycles. The van der Waals surface area contributed by atoms with Gasteiger partial charge < -0.3 is 10.2 Å². The van der Waals surface area contributed by atoms with Gasteiger partial charge in [0.15, 0.2) is 0 Å². The summed E-state index contributed by atoms with van der Waals surface area (Å²) in [5, 5.41) is 5.11. The molecule has 0 spiro atoms. The molecule has 0 unspecified atom stereocenters. The van der Waals surface area contributed by atoms with E-state index in [4.69, 9.17) is 0 Å². The summed E-state index contributed by atoms with van der Waals surface area (Å²) in [4.78, 5) is 26.7. The molecular formula is C25H26N2O2. The first-order valence-electron chi connectivity index (χ1n) is 10.3. The fraction of sp³-hybridized carbons (Fsp3) is 0.280. The highest BCUT2D eigenvalue weighted by Crippen LogP contribution is 2.37. The number of anilines is 1. The number of hydrogen-bond acceptors (Lipinski definition) is 2. The Morgan fingerprint density at radius 3 is 2.52 bits per heavy atom. The van der Waals surface area contributed by atoms with Crippen LogP contribution in [0.4, 0.5) is 5.69 Å². The fourth-order valence-corrected chi connectivity index (χ4v) is 3.96. The average Bonchev–Trinajstić information content (AvgIpc) is 3.01. The molecule has 4 nitrogen and oxygen atoms in total. The molecule has 0 aromatic heterocycles. The molecule has 1 aliphatic heterocycles. The minimum absolute atomic E-state index is 0.0373. The van der Waals surface area contributed by atoms with Crippen LogP contribution < -0.4 is 10.2 Å². The Bertz CT molecular complexity index is 1040. The number of carbonyl (C=O) groups excluding carboxylic acids is 2. The molecule has 1 N–H and O–H groups in total. The third kappa shape index (κ3) is 4.16. The van der Waals surface area contributed by atoms with Crippen molar-refractivity contribution in [1.29, 1.82) is 0 Å². The van der Waals surface area contributed by atoms with Crippen molar-refractivity contribution in [3.05, 3.63) is 77.4 Å². The predicted molar refractivity (Wildman–Crippen MR) is 117 cm³/mol. The van der Waals surface area contributed by atoms with Crippen molar-refractivity contribution < 1.29 is 9.59 Å². The fourth-order valence-electron chi connectivity index (χ4n) is 3.96. The van der Waals surface area contributed by atoms with Crippen LogP contribution in [0.2, 0.25) is 0 Å². The van der Waals surface area contributed by atoms with Crippen LogP contribution in [0.25, 0.3) is 10.8 Å². The van der Waals surface area contributed by atoms with Gasteiger partial charge in [-0.2, -0.15) is 0 Å². The number of carbonyl (C=O) groups is 2. The molecule has 4 rings (SSSR count). The summed E-state index contributed by atoms with van der Waals surface area (Å²) < 4.78 is 0. The van der Waals surface area contributed by atoms with Crippen molar-refractivity contribution in [2.24, 2.45) is 0 Å². The minimum Gasteiger partial charge on any atom is -0.356 e. The van der Waals surface area contributed by atoms with Crippen molar-refractivity contribution >= 4 is 28.3 Å². The Hall–Kier alpha value is -3.14. The molecule has 3 aromatic rings. The van der Waals surface area contributed by atoms with Gasteiger partial charge in [-0.25, -0.2) is 0 Å². The molecule has 0 aliphatic carbocycles. The molecule has 0 atom stereocenters. The van der Waals surface area contributed by atoms with Gasteiger partial charge in [-0.3, -0.25) is 9.59 Å². The molecule has 0 fully saturated rings. The van der Waals surface area contributed by atoms with Gasteiger partial charge in [-0.15, -0.1) is 0 Å². The lowest BCUT2D eigenvalue weighted by Gasteiger charge is -2.17. The van der Waals surface area contributed by atoms with Crippen LogP contribution in [0, 0.1) is 6.92 Å². The number of rotatable bonds is 8. The first-order chi connectivity index (χ1) is 14.1. The van der Waals surface area contributed by atoms with Gasteiger partial charge in [-0.05, 0) is 49.3 Å². The Morgan fingerprint density at radius 2 is 1.72 bits per heavy atom. The maximum absolute atomic E-state index is 12.7. The third-order valence-electron chi connectivity index (χ3n) is 5.52. The minimum atomic E-state index is 0.0373. The number of amides is 2. The topological polar surface area (TPSA) is 49.4 Å². The van der Waals surface area contributed by atoms with Gasteiger partial charge in [-0.1, -0.05) is 54.1 Å². The monoisotopic (exact) mass is 386 g/mol. The summed E-state index contributed by atoms with van der Waals surface area (Å²) in [5.74, 6) is 0.0894. The molecule has 1 aliphatic rings. The normalized spacial score (nSPS) is 12.6. The van der Waals surface area contributed by atoms with Gasteiger partial charge in [0.25, 0.3) is 5.91 Å². The lowest BCUT2D eigenvalue weighted by Crippen LogP contribution is -2.30. The molecule has 0 bridgehead atoms. The van der Waals surface area contributed by atoms with Crippen LogP contribution in [0.3, 0.4) is 0 Å². The molecular weight excluding hydrogens is 360 g/mol. The van der Waals surface area contributed by atoms with Crippen LogP contribution in [0.5, 0.6) is 0 Å². The highest BCUT2D eigenvalue weighted by molar-refractivity contribution is 6.25. The molecule has 1 heterocycles. The Balaban J connectivity index is 1.22. The Kier molecular flexibility index (Phi) is 5.61. The van der Waals surface area contributed by atoms with Crippen molar-refractivity contribution in [1.82, 2.24) is 5.32 Å². The summed E-state index contributed by atoms with van der Waals surface area (Å²) in [6, 6.07) is 20.4. The second kappa shape index (κ2) is 8.48. The molecule has 0 saturated carbocycles. The molecule has 2 amide bonds. The molecule has 148 valence electrons. The smallest absolute Gasteiger partial charge is 0.258 e. The van der Waals surface area contributed by atoms with Gasteiger partial charge in [0.05, 0.1) is 5.69 Å². The van der Waals surface area contributed by atoms with Crippen LogP contribution in [-0.2, 0) is 11.2 Å². The maximum Gasteiger partial charge on any atom is 0.258 e. The number of benzene rings is 3. The molecule has 29 heavy (non-hydrogen) atoms. The quantitative estimate of drug-likeness (QED) is 0.574. The van der Waals surface area contributed by atoms with Crippen molar-refractivity contribution in [2.45, 2.75) is 32.6 Å². The number of hydrogen-bond donors (Lipinski definition) is 1. The largest absolute Gasteiger partial charge is 0.356 e. The summed E-state index contributed by atoms with van der Waals surface area (Å²) in [6.07, 6.45) is 2.97. The van der Waals surface area contributed by atoms with E-state index in [-0.39, 0.29) is 11.8 Å². The summed E-state index contributed by atoms with van der Waals surface area (Å²) in [7, 11) is 0. The van der Waals surface area contributed by atoms with Gasteiger partial charge in [0, 0.05) is 30.5 Å². The van der Waals surface area contributed by atoms with Crippen LogP contribution in [0.1, 0.15) is 40.7 Å². The second-order valence-corrected chi connectivity index (χ2v) is 7.68. The van der Waals surface area contributed by atoms with E-state index >= 15 is 0 Å². The third-order valence-corrected chi connectivity index (χ3v) is 5.52. The lowest BCUT2D eigenvalue weighted by atomic mass is 10.1. The van der Waals surface area contributed by atoms with E-state index < -0.39 is 0 Å². The predicted octanol–water partition coefficient (Wildman–Crippen LogP) is 4.64. The SMILES string of the molecule is Cc1ccc(CCCNC(=O)CCCN2C(=O)c3cccc4cccc2c34)cc1. The van der Waals surface area contributed by atoms with E-state index in [1.54, 1.807) is 0 Å². The zero-order valence-corrected chi connectivity index (χ0v) is 16.8. The van der Waals surface area contributed by atoms with Crippen molar-refractivity contribution in [2.75, 3.05) is 18.0 Å². The first-order valence-corrected chi connectivity index (χ1v) is 10.3. The van der Waals surface area contributed by atoms with E-state index in [2.05, 4.69) is 36.5 Å². The summed E-state index contributed by atoms with van der Waals surface area (Å²) in [5.41, 5.74) is 4.28. The zero-order chi connectivity index (χ0) is 20.2. The standard InChI is InChI=1S/C25H26N2O2/c1-18-12-14-19(15-13-18)6-4-16-26-23(28)11-5-17-27-22-10-3-8-20-7-2-9-21(24(20)22)25(27)29/h2-3,7-10,12-15H,4-6,11,16-17H2,1H3,(H,26,28). The molecule has 0 radical (unpaired) electrons. The Labute approximate surface area is 171 Å². The van der Waals surface area contributed by atoms with Gasteiger partial charge in [0.1, 0.15) is 0 Å². The Morgan fingerprint density at radius 1 is 0.966 bits per heavy atom. The zero-order valence-electron chi connectivity index (χ0n) is 16.8. The second-order valence-electron chi connectivity index (χ2n) is 7.68. The van der Waals surface area contributed by atoms with Crippen molar-refractivity contribution in [3.63, 3.8) is 0 Å². The average molecular weight is 386 g/mol. The summed E-state index contributed by atoms with van der Waals surface area (Å²) >= 11 is 0. The number of aryl methyl sites for hydroxylation is 2. The summed E-state index contributed by atoms with van der Waals surface area (Å²) in [6.45, 7) is 3.32. The first kappa shape index (κ1) is 19.2.